The van der Waals surface area contributed by atoms with Crippen LogP contribution in [-0.2, 0) is 19.9 Å². The summed E-state index contributed by atoms with van der Waals surface area (Å²) in [4.78, 5) is 0. The van der Waals surface area contributed by atoms with Crippen molar-refractivity contribution in [2.24, 2.45) is 12.8 Å². The lowest BCUT2D eigenvalue weighted by molar-refractivity contribution is 0.407. The Morgan fingerprint density at radius 1 is 1.33 bits per heavy atom. The molecule has 0 atom stereocenters. The number of nitrogen functional groups attached to an aromatic ring is 1. The molecule has 112 valence electrons. The first-order valence-electron chi connectivity index (χ1n) is 6.89. The minimum Gasteiger partial charge on any atom is -0.419 e. The van der Waals surface area contributed by atoms with Crippen LogP contribution in [0.25, 0.3) is 0 Å². The van der Waals surface area contributed by atoms with Crippen molar-refractivity contribution in [3.05, 3.63) is 28.6 Å². The van der Waals surface area contributed by atoms with Crippen molar-refractivity contribution in [3.63, 3.8) is 0 Å². The van der Waals surface area contributed by atoms with Gasteiger partial charge in [-0.1, -0.05) is 13.8 Å². The van der Waals surface area contributed by atoms with E-state index in [-0.39, 0.29) is 11.7 Å². The van der Waals surface area contributed by atoms with E-state index >= 15 is 0 Å². The number of hydrogen-bond acceptors (Lipinski definition) is 5. The highest BCUT2D eigenvalue weighted by atomic mass is 16.5. The minimum absolute atomic E-state index is 0.0645. The van der Waals surface area contributed by atoms with Gasteiger partial charge in [-0.25, -0.2) is 4.68 Å². The number of aryl methyl sites for hydroxylation is 3. The Hall–Kier alpha value is -2.44. The number of nitrogens with two attached hydrogens (primary N) is 1. The summed E-state index contributed by atoms with van der Waals surface area (Å²) in [5.41, 5.74) is 8.83. The van der Waals surface area contributed by atoms with Crippen molar-refractivity contribution in [1.82, 2.24) is 20.0 Å². The van der Waals surface area contributed by atoms with Gasteiger partial charge in [0.2, 0.25) is 5.88 Å². The van der Waals surface area contributed by atoms with Crippen LogP contribution >= 0.6 is 0 Å². The standard InChI is InChI=1S/C14H20N6O/c1-5-9-10(6-2)17-18-14(12(9)13(15)16)21-11-7-8(3)19-20(11)4/h7H,5-6H2,1-4H3,(H3,15,16). The fraction of sp³-hybridized carbons (Fsp3) is 0.429. The van der Waals surface area contributed by atoms with E-state index in [0.717, 1.165) is 23.4 Å². The molecule has 2 aromatic rings. The van der Waals surface area contributed by atoms with Crippen molar-refractivity contribution < 1.29 is 4.74 Å². The van der Waals surface area contributed by atoms with Crippen LogP contribution in [0.3, 0.4) is 0 Å². The van der Waals surface area contributed by atoms with Gasteiger partial charge < -0.3 is 10.5 Å². The van der Waals surface area contributed by atoms with Gasteiger partial charge in [0.15, 0.2) is 0 Å². The fourth-order valence-electron chi connectivity index (χ4n) is 2.29. The lowest BCUT2D eigenvalue weighted by Crippen LogP contribution is -2.18. The van der Waals surface area contributed by atoms with Crippen LogP contribution in [-0.4, -0.2) is 25.8 Å². The van der Waals surface area contributed by atoms with Crippen molar-refractivity contribution in [1.29, 1.82) is 5.41 Å². The highest BCUT2D eigenvalue weighted by Gasteiger charge is 2.19. The van der Waals surface area contributed by atoms with Crippen LogP contribution in [0.2, 0.25) is 0 Å². The molecule has 2 heterocycles. The van der Waals surface area contributed by atoms with E-state index in [0.29, 0.717) is 17.9 Å². The van der Waals surface area contributed by atoms with Crippen LogP contribution in [0.15, 0.2) is 6.07 Å². The molecule has 0 saturated carbocycles. The van der Waals surface area contributed by atoms with Crippen molar-refractivity contribution in [2.45, 2.75) is 33.6 Å². The summed E-state index contributed by atoms with van der Waals surface area (Å²) in [7, 11) is 1.78. The molecule has 0 spiro atoms. The topological polar surface area (TPSA) is 103 Å². The van der Waals surface area contributed by atoms with Gasteiger partial charge in [0.25, 0.3) is 5.88 Å². The normalized spacial score (nSPS) is 10.7. The summed E-state index contributed by atoms with van der Waals surface area (Å²) in [6, 6.07) is 1.80. The molecular weight excluding hydrogens is 268 g/mol. The maximum absolute atomic E-state index is 7.82. The molecule has 3 N–H and O–H groups in total. The quantitative estimate of drug-likeness (QED) is 0.644. The maximum Gasteiger partial charge on any atom is 0.251 e. The van der Waals surface area contributed by atoms with E-state index in [1.807, 2.05) is 20.8 Å². The van der Waals surface area contributed by atoms with Crippen LogP contribution in [0, 0.1) is 12.3 Å². The van der Waals surface area contributed by atoms with Crippen LogP contribution < -0.4 is 10.5 Å². The van der Waals surface area contributed by atoms with E-state index in [9.17, 15) is 0 Å². The third-order valence-corrected chi connectivity index (χ3v) is 3.24. The molecule has 0 bridgehead atoms. The lowest BCUT2D eigenvalue weighted by Gasteiger charge is -2.14. The molecular formula is C14H20N6O. The molecule has 0 radical (unpaired) electrons. The molecule has 21 heavy (non-hydrogen) atoms. The van der Waals surface area contributed by atoms with Gasteiger partial charge in [-0.2, -0.15) is 10.2 Å². The van der Waals surface area contributed by atoms with Gasteiger partial charge in [0, 0.05) is 13.1 Å². The highest BCUT2D eigenvalue weighted by molar-refractivity contribution is 5.98. The number of hydrogen-bond donors (Lipinski definition) is 2. The van der Waals surface area contributed by atoms with E-state index in [2.05, 4.69) is 15.3 Å². The maximum atomic E-state index is 7.82. The number of nitrogens with one attached hydrogen (secondary N) is 1. The second-order valence-electron chi connectivity index (χ2n) is 4.78. The Balaban J connectivity index is 2.53. The molecule has 2 aromatic heterocycles. The van der Waals surface area contributed by atoms with Crippen molar-refractivity contribution in [2.75, 3.05) is 0 Å². The Labute approximate surface area is 123 Å². The summed E-state index contributed by atoms with van der Waals surface area (Å²) in [6.07, 6.45) is 1.45. The van der Waals surface area contributed by atoms with Gasteiger partial charge in [-0.3, -0.25) is 5.41 Å². The molecule has 0 aromatic carbocycles. The first-order valence-corrected chi connectivity index (χ1v) is 6.89. The minimum atomic E-state index is -0.0645. The largest absolute Gasteiger partial charge is 0.419 e. The third-order valence-electron chi connectivity index (χ3n) is 3.24. The zero-order chi connectivity index (χ0) is 15.6. The summed E-state index contributed by atoms with van der Waals surface area (Å²) in [6.45, 7) is 5.88. The highest BCUT2D eigenvalue weighted by Crippen LogP contribution is 2.27. The average molecular weight is 288 g/mol. The summed E-state index contributed by atoms with van der Waals surface area (Å²) in [5.74, 6) is 0.723. The average Bonchev–Trinajstić information content (AvgIpc) is 2.75. The SMILES string of the molecule is CCc1nnc(Oc2cc(C)nn2C)c(C(=N)N)c1CC. The Bertz CT molecular complexity index is 676. The Kier molecular flexibility index (Phi) is 4.21. The van der Waals surface area contributed by atoms with Crippen LogP contribution in [0.1, 0.15) is 36.4 Å². The van der Waals surface area contributed by atoms with Crippen LogP contribution in [0.4, 0.5) is 0 Å². The summed E-state index contributed by atoms with van der Waals surface area (Å²) in [5, 5.41) is 20.3. The number of ether oxygens (including phenoxy) is 1. The van der Waals surface area contributed by atoms with Gasteiger partial charge in [-0.15, -0.1) is 5.10 Å². The van der Waals surface area contributed by atoms with Gasteiger partial charge in [0.05, 0.1) is 17.0 Å². The molecule has 0 amide bonds. The van der Waals surface area contributed by atoms with E-state index in [1.165, 1.54) is 0 Å². The van der Waals surface area contributed by atoms with E-state index in [1.54, 1.807) is 17.8 Å². The molecule has 0 aliphatic rings. The van der Waals surface area contributed by atoms with E-state index in [4.69, 9.17) is 15.9 Å². The molecule has 2 rings (SSSR count). The lowest BCUT2D eigenvalue weighted by atomic mass is 10.0. The molecule has 0 unspecified atom stereocenters. The zero-order valence-electron chi connectivity index (χ0n) is 12.8. The van der Waals surface area contributed by atoms with E-state index < -0.39 is 0 Å². The first-order chi connectivity index (χ1) is 9.97. The van der Waals surface area contributed by atoms with Gasteiger partial charge in [-0.05, 0) is 25.3 Å². The molecule has 0 saturated heterocycles. The second-order valence-corrected chi connectivity index (χ2v) is 4.78. The van der Waals surface area contributed by atoms with Gasteiger partial charge in [0.1, 0.15) is 5.84 Å². The van der Waals surface area contributed by atoms with Gasteiger partial charge >= 0.3 is 0 Å². The second kappa shape index (κ2) is 5.90. The third kappa shape index (κ3) is 2.86. The predicted molar refractivity (Wildman–Crippen MR) is 79.8 cm³/mol. The molecule has 0 aliphatic heterocycles. The smallest absolute Gasteiger partial charge is 0.251 e. The summed E-state index contributed by atoms with van der Waals surface area (Å²) >= 11 is 0. The van der Waals surface area contributed by atoms with Crippen molar-refractivity contribution in [3.8, 4) is 11.8 Å². The predicted octanol–water partition coefficient (Wildman–Crippen LogP) is 1.72. The first kappa shape index (κ1) is 15.0. The summed E-state index contributed by atoms with van der Waals surface area (Å²) < 4.78 is 7.38. The molecule has 0 aliphatic carbocycles. The molecule has 7 nitrogen and oxygen atoms in total. The fourth-order valence-corrected chi connectivity index (χ4v) is 2.29. The Morgan fingerprint density at radius 2 is 2.05 bits per heavy atom. The number of rotatable bonds is 5. The van der Waals surface area contributed by atoms with Crippen molar-refractivity contribution >= 4 is 5.84 Å². The molecule has 0 fully saturated rings. The number of nitrogens with zero attached hydrogens (tertiary/aromatic N) is 4. The number of amidine groups is 1. The Morgan fingerprint density at radius 3 is 2.52 bits per heavy atom. The zero-order valence-corrected chi connectivity index (χ0v) is 12.8. The monoisotopic (exact) mass is 288 g/mol. The number of aromatic nitrogens is 4. The molecule has 7 heteroatoms. The van der Waals surface area contributed by atoms with Crippen LogP contribution in [0.5, 0.6) is 11.8 Å².